The molecule has 1 saturated carbocycles. The van der Waals surface area contributed by atoms with Gasteiger partial charge < -0.3 is 4.74 Å². The van der Waals surface area contributed by atoms with Gasteiger partial charge in [0.15, 0.2) is 5.78 Å². The monoisotopic (exact) mass is 433 g/mol. The number of thiophene rings is 1. The van der Waals surface area contributed by atoms with E-state index in [2.05, 4.69) is 20.0 Å². The van der Waals surface area contributed by atoms with E-state index in [1.165, 1.54) is 11.3 Å². The maximum Gasteiger partial charge on any atom is 0 e. The Balaban J connectivity index is 0. The van der Waals surface area contributed by atoms with Gasteiger partial charge in [-0.3, -0.25) is 4.79 Å². The van der Waals surface area contributed by atoms with Crippen LogP contribution in [0.4, 0.5) is 0 Å². The van der Waals surface area contributed by atoms with Crippen LogP contribution in [0.5, 0.6) is 0 Å². The Morgan fingerprint density at radius 1 is 0.929 bits per heavy atom. The van der Waals surface area contributed by atoms with E-state index in [1.54, 1.807) is 7.11 Å². The number of carbonyl (C=O) groups is 1. The number of rotatable bonds is 4. The number of carbonyl (C=O) groups excluding carboxylic acids is 1. The van der Waals surface area contributed by atoms with Crippen molar-refractivity contribution in [3.8, 4) is 0 Å². The molecule has 1 heterocycles. The van der Waals surface area contributed by atoms with Crippen molar-refractivity contribution in [3.05, 3.63) is 115 Å². The molecule has 0 aliphatic heterocycles. The molecule has 1 aliphatic carbocycles. The van der Waals surface area contributed by atoms with Crippen LogP contribution >= 0.6 is 11.3 Å². The van der Waals surface area contributed by atoms with Gasteiger partial charge in [-0.15, -0.1) is 11.3 Å². The zero-order chi connectivity index (χ0) is 20.7. The number of ketones is 1. The fraction of sp³-hybridized carbons (Fsp3) is 0.0476. The maximum absolute atomic E-state index is 12.7. The number of benzene rings is 1. The molecule has 0 spiro atoms. The number of methoxy groups -OCH3 is 1. The van der Waals surface area contributed by atoms with Crippen molar-refractivity contribution in [1.29, 1.82) is 0 Å². The quantitative estimate of drug-likeness (QED) is 0.318. The summed E-state index contributed by atoms with van der Waals surface area (Å²) in [6.45, 7) is 13.5. The molecule has 1 aromatic carbocycles. The Kier molecular flexibility index (Phi) is 17.7. The fourth-order valence-electron chi connectivity index (χ4n) is 2.25. The van der Waals surface area contributed by atoms with Gasteiger partial charge in [0.05, 0.1) is 10.8 Å². The topological polar surface area (TPSA) is 86.0 Å². The van der Waals surface area contributed by atoms with E-state index in [0.29, 0.717) is 5.92 Å². The molecule has 0 N–H and O–H groups in total. The van der Waals surface area contributed by atoms with Crippen LogP contribution in [0, 0.1) is 57.2 Å². The zero-order valence-electron chi connectivity index (χ0n) is 14.7. The minimum atomic E-state index is 0. The molecule has 3 rings (SSSR count). The smallest absolute Gasteiger partial charge is 0 e. The van der Waals surface area contributed by atoms with Crippen molar-refractivity contribution in [2.24, 2.45) is 0 Å². The summed E-state index contributed by atoms with van der Waals surface area (Å²) >= 11 is 1.46. The maximum atomic E-state index is 12.7. The summed E-state index contributed by atoms with van der Waals surface area (Å²) in [5.74, 6) is 1.64. The van der Waals surface area contributed by atoms with E-state index in [4.69, 9.17) is 18.7 Å². The van der Waals surface area contributed by atoms with Gasteiger partial charge >= 0.3 is 33.9 Å². The summed E-state index contributed by atoms with van der Waals surface area (Å²) in [5, 5.41) is 1.92. The summed E-state index contributed by atoms with van der Waals surface area (Å²) in [6.07, 6.45) is 6.32. The van der Waals surface area contributed by atoms with Crippen LogP contribution in [0.1, 0.15) is 15.2 Å². The van der Waals surface area contributed by atoms with Crippen LogP contribution in [0.2, 0.25) is 0 Å². The number of Topliss-reactive ketones (excluding diaryl/α,β-unsaturated/α-hetero) is 1. The van der Waals surface area contributed by atoms with Gasteiger partial charge in [-0.2, -0.15) is 0 Å². The second kappa shape index (κ2) is 17.4. The average molecular weight is 433 g/mol. The van der Waals surface area contributed by atoms with Crippen molar-refractivity contribution in [2.75, 3.05) is 7.11 Å². The largest absolute Gasteiger partial charge is 0 e. The van der Waals surface area contributed by atoms with Crippen LogP contribution < -0.4 is 0 Å². The van der Waals surface area contributed by atoms with E-state index in [0.717, 1.165) is 22.5 Å². The second-order valence-electron chi connectivity index (χ2n) is 4.58. The molecule has 0 bridgehead atoms. The Morgan fingerprint density at radius 2 is 1.54 bits per heavy atom. The molecule has 0 atom stereocenters. The van der Waals surface area contributed by atoms with Crippen LogP contribution in [0.3, 0.4) is 0 Å². The van der Waals surface area contributed by atoms with Gasteiger partial charge in [0.1, 0.15) is 6.10 Å². The molecular formula is C21H14MnO5S. The fourth-order valence-corrected chi connectivity index (χ4v) is 2.92. The summed E-state index contributed by atoms with van der Waals surface area (Å²) in [6, 6.07) is 13.6. The Hall–Kier alpha value is -1.71. The third-order valence-corrected chi connectivity index (χ3v) is 4.17. The van der Waals surface area contributed by atoms with E-state index in [-0.39, 0.29) is 22.9 Å². The summed E-state index contributed by atoms with van der Waals surface area (Å²) < 4.78 is 27.8. The first kappa shape index (κ1) is 28.5. The first-order valence-electron chi connectivity index (χ1n) is 7.22. The van der Waals surface area contributed by atoms with Gasteiger partial charge in [0.25, 0.3) is 0 Å². The van der Waals surface area contributed by atoms with Crippen LogP contribution in [-0.4, -0.2) is 12.9 Å². The zero-order valence-corrected chi connectivity index (χ0v) is 16.7. The van der Waals surface area contributed by atoms with Crippen LogP contribution in [0.25, 0.3) is 0 Å². The van der Waals surface area contributed by atoms with Gasteiger partial charge in [0.2, 0.25) is 0 Å². The molecule has 1 fully saturated rings. The molecule has 28 heavy (non-hydrogen) atoms. The van der Waals surface area contributed by atoms with Crippen LogP contribution in [0.15, 0.2) is 47.8 Å². The van der Waals surface area contributed by atoms with E-state index >= 15 is 0 Å². The van der Waals surface area contributed by atoms with Gasteiger partial charge in [0, 0.05) is 42.9 Å². The number of ether oxygens (including phenoxy) is 1. The van der Waals surface area contributed by atoms with Crippen LogP contribution in [-0.2, 0) is 35.8 Å². The Labute approximate surface area is 180 Å². The van der Waals surface area contributed by atoms with Gasteiger partial charge in [-0.05, 0) is 23.4 Å². The summed E-state index contributed by atoms with van der Waals surface area (Å²) in [5.41, 5.74) is 1.01. The minimum Gasteiger partial charge on any atom is 0 e. The first-order valence-corrected chi connectivity index (χ1v) is 8.10. The van der Waals surface area contributed by atoms with Gasteiger partial charge in [-0.1, -0.05) is 36.4 Å². The predicted molar refractivity (Wildman–Crippen MR) is 95.6 cm³/mol. The van der Waals surface area contributed by atoms with E-state index in [9.17, 15) is 4.79 Å². The first-order chi connectivity index (χ1) is 13.3. The van der Waals surface area contributed by atoms with E-state index < -0.39 is 0 Å². The average Bonchev–Trinajstić information content (AvgIpc) is 3.32. The normalized spacial score (nSPS) is 13.7. The van der Waals surface area contributed by atoms with Crippen molar-refractivity contribution in [2.45, 2.75) is 0 Å². The van der Waals surface area contributed by atoms with Crippen molar-refractivity contribution in [3.63, 3.8) is 0 Å². The van der Waals surface area contributed by atoms with Crippen molar-refractivity contribution >= 4 is 17.1 Å². The molecule has 5 nitrogen and oxygen atoms in total. The molecule has 7 radical (unpaired) electrons. The molecule has 2 aromatic rings. The van der Waals surface area contributed by atoms with E-state index in [1.807, 2.05) is 67.1 Å². The molecule has 1 aromatic heterocycles. The van der Waals surface area contributed by atoms with Crippen molar-refractivity contribution in [1.82, 2.24) is 0 Å². The SMILES string of the molecule is CO[C]1[CH][CH][C](C(=O)c2cccs2)[C](c2ccccc2)[CH]1.[C-]#[O+].[C-]#[O+].[C-]#[O+].[Mn]. The number of hydrogen-bond acceptors (Lipinski definition) is 3. The second-order valence-corrected chi connectivity index (χ2v) is 5.53. The Bertz CT molecular complexity index is 695. The molecular weight excluding hydrogens is 419 g/mol. The molecule has 0 saturated heterocycles. The van der Waals surface area contributed by atoms with Crippen molar-refractivity contribution < 1.29 is 40.6 Å². The molecule has 7 heteroatoms. The number of hydrogen-bond donors (Lipinski definition) is 0. The Morgan fingerprint density at radius 3 is 2.04 bits per heavy atom. The molecule has 0 amide bonds. The third-order valence-electron chi connectivity index (χ3n) is 3.30. The molecule has 1 aliphatic rings. The molecule has 0 unspecified atom stereocenters. The predicted octanol–water partition coefficient (Wildman–Crippen LogP) is 3.82. The van der Waals surface area contributed by atoms with Gasteiger partial charge in [-0.25, -0.2) is 0 Å². The summed E-state index contributed by atoms with van der Waals surface area (Å²) in [7, 11) is 1.63. The standard InChI is InChI=1S/C18H14O2S.3CO.Mn/c1-20-14-9-10-15(18(19)17-8-5-11-21-17)16(12-14)13-6-3-2-4-7-13;3*1-2;/h2-12H,1H3;;;;. The third kappa shape index (κ3) is 8.12. The minimum absolute atomic E-state index is 0. The molecule has 141 valence electrons. The summed E-state index contributed by atoms with van der Waals surface area (Å²) in [4.78, 5) is 13.4.